The van der Waals surface area contributed by atoms with Gasteiger partial charge >= 0.3 is 0 Å². The monoisotopic (exact) mass is 243 g/mol. The van der Waals surface area contributed by atoms with Crippen LogP contribution in [0.2, 0.25) is 0 Å². The van der Waals surface area contributed by atoms with Gasteiger partial charge in [0.05, 0.1) is 0 Å². The summed E-state index contributed by atoms with van der Waals surface area (Å²) in [5, 5.41) is 3.06. The van der Waals surface area contributed by atoms with Crippen LogP contribution in [0.1, 0.15) is 18.1 Å². The molecular weight excluding hydrogens is 226 g/mol. The van der Waals surface area contributed by atoms with E-state index < -0.39 is 0 Å². The van der Waals surface area contributed by atoms with Crippen LogP contribution in [-0.2, 0) is 0 Å². The zero-order valence-electron chi connectivity index (χ0n) is 10.9. The Labute approximate surface area is 107 Å². The van der Waals surface area contributed by atoms with Crippen LogP contribution >= 0.6 is 0 Å². The minimum atomic E-state index is 0.549. The molecule has 0 amide bonds. The number of anilines is 1. The quantitative estimate of drug-likeness (QED) is 0.894. The van der Waals surface area contributed by atoms with Gasteiger partial charge in [-0.2, -0.15) is 4.98 Å². The number of nitrogens with one attached hydrogen (secondary N) is 1. The molecule has 1 N–H and O–H groups in total. The van der Waals surface area contributed by atoms with Gasteiger partial charge in [0, 0.05) is 18.8 Å². The van der Waals surface area contributed by atoms with Crippen LogP contribution in [0, 0.1) is 13.8 Å². The Morgan fingerprint density at radius 2 is 2.06 bits per heavy atom. The molecule has 1 aromatic carbocycles. The van der Waals surface area contributed by atoms with E-state index in [2.05, 4.69) is 28.3 Å². The number of hydrogen-bond acceptors (Lipinski definition) is 4. The second-order valence-electron chi connectivity index (χ2n) is 4.12. The molecule has 94 valence electrons. The van der Waals surface area contributed by atoms with Gasteiger partial charge in [0.1, 0.15) is 5.75 Å². The zero-order chi connectivity index (χ0) is 13.0. The van der Waals surface area contributed by atoms with Crippen molar-refractivity contribution >= 4 is 5.95 Å². The van der Waals surface area contributed by atoms with E-state index in [1.165, 1.54) is 5.56 Å². The van der Waals surface area contributed by atoms with Gasteiger partial charge < -0.3 is 10.1 Å². The van der Waals surface area contributed by atoms with Crippen LogP contribution in [0.4, 0.5) is 5.95 Å². The molecule has 0 aliphatic heterocycles. The minimum absolute atomic E-state index is 0.549. The number of benzene rings is 1. The number of nitrogens with zero attached hydrogens (tertiary/aromatic N) is 2. The van der Waals surface area contributed by atoms with Gasteiger partial charge in [-0.05, 0) is 32.4 Å². The minimum Gasteiger partial charge on any atom is -0.439 e. The normalized spacial score (nSPS) is 10.2. The topological polar surface area (TPSA) is 47.0 Å². The molecule has 0 spiro atoms. The fourth-order valence-corrected chi connectivity index (χ4v) is 1.67. The van der Waals surface area contributed by atoms with E-state index in [1.54, 1.807) is 12.3 Å². The molecule has 2 rings (SSSR count). The van der Waals surface area contributed by atoms with Crippen LogP contribution in [0.25, 0.3) is 0 Å². The highest BCUT2D eigenvalue weighted by Crippen LogP contribution is 2.24. The number of aromatic nitrogens is 2. The maximum atomic E-state index is 5.76. The Morgan fingerprint density at radius 1 is 1.22 bits per heavy atom. The van der Waals surface area contributed by atoms with Crippen molar-refractivity contribution < 1.29 is 4.74 Å². The average molecular weight is 243 g/mol. The van der Waals surface area contributed by atoms with Gasteiger partial charge in [0.25, 0.3) is 0 Å². The summed E-state index contributed by atoms with van der Waals surface area (Å²) in [6, 6.07) is 7.82. The standard InChI is InChI=1S/C14H17N3O/c1-4-15-14-16-8-7-13(17-14)18-12-6-5-10(2)9-11(12)3/h5-9H,4H2,1-3H3,(H,15,16,17). The van der Waals surface area contributed by atoms with E-state index in [1.807, 2.05) is 26.0 Å². The Hall–Kier alpha value is -2.10. The van der Waals surface area contributed by atoms with Crippen molar-refractivity contribution in [2.75, 3.05) is 11.9 Å². The van der Waals surface area contributed by atoms with E-state index >= 15 is 0 Å². The highest BCUT2D eigenvalue weighted by molar-refractivity contribution is 5.38. The Balaban J connectivity index is 2.20. The molecule has 0 saturated carbocycles. The van der Waals surface area contributed by atoms with Gasteiger partial charge in [0.15, 0.2) is 0 Å². The molecule has 2 aromatic rings. The molecule has 18 heavy (non-hydrogen) atoms. The summed E-state index contributed by atoms with van der Waals surface area (Å²) in [6.07, 6.45) is 1.68. The lowest BCUT2D eigenvalue weighted by atomic mass is 10.1. The van der Waals surface area contributed by atoms with Crippen molar-refractivity contribution in [3.8, 4) is 11.6 Å². The zero-order valence-corrected chi connectivity index (χ0v) is 10.9. The summed E-state index contributed by atoms with van der Waals surface area (Å²) < 4.78 is 5.76. The smallest absolute Gasteiger partial charge is 0.225 e. The Kier molecular flexibility index (Phi) is 3.77. The van der Waals surface area contributed by atoms with Gasteiger partial charge in [-0.15, -0.1) is 0 Å². The molecule has 0 fully saturated rings. The van der Waals surface area contributed by atoms with Gasteiger partial charge in [-0.1, -0.05) is 17.7 Å². The van der Waals surface area contributed by atoms with E-state index in [-0.39, 0.29) is 0 Å². The largest absolute Gasteiger partial charge is 0.439 e. The first kappa shape index (κ1) is 12.4. The Morgan fingerprint density at radius 3 is 2.78 bits per heavy atom. The second-order valence-corrected chi connectivity index (χ2v) is 4.12. The van der Waals surface area contributed by atoms with Crippen molar-refractivity contribution in [3.05, 3.63) is 41.6 Å². The molecule has 1 aromatic heterocycles. The molecule has 0 bridgehead atoms. The summed E-state index contributed by atoms with van der Waals surface area (Å²) in [4.78, 5) is 8.38. The van der Waals surface area contributed by atoms with Crippen molar-refractivity contribution in [3.63, 3.8) is 0 Å². The van der Waals surface area contributed by atoms with E-state index in [4.69, 9.17) is 4.74 Å². The summed E-state index contributed by atoms with van der Waals surface area (Å²) >= 11 is 0. The number of aryl methyl sites for hydroxylation is 2. The third-order valence-electron chi connectivity index (χ3n) is 2.51. The van der Waals surface area contributed by atoms with Crippen molar-refractivity contribution in [2.45, 2.75) is 20.8 Å². The van der Waals surface area contributed by atoms with Crippen LogP contribution in [0.3, 0.4) is 0 Å². The van der Waals surface area contributed by atoms with E-state index in [9.17, 15) is 0 Å². The van der Waals surface area contributed by atoms with Crippen LogP contribution in [0.15, 0.2) is 30.5 Å². The maximum Gasteiger partial charge on any atom is 0.225 e. The summed E-state index contributed by atoms with van der Waals surface area (Å²) in [7, 11) is 0. The van der Waals surface area contributed by atoms with Crippen molar-refractivity contribution in [1.29, 1.82) is 0 Å². The second kappa shape index (κ2) is 5.49. The first-order valence-corrected chi connectivity index (χ1v) is 6.01. The van der Waals surface area contributed by atoms with Crippen LogP contribution in [0.5, 0.6) is 11.6 Å². The SMILES string of the molecule is CCNc1nccc(Oc2ccc(C)cc2C)n1. The molecule has 0 aliphatic rings. The number of ether oxygens (including phenoxy) is 1. The molecule has 0 atom stereocenters. The predicted molar refractivity (Wildman–Crippen MR) is 72.2 cm³/mol. The Bertz CT molecular complexity index is 540. The third kappa shape index (κ3) is 2.97. The first-order chi connectivity index (χ1) is 8.69. The predicted octanol–water partition coefficient (Wildman–Crippen LogP) is 3.32. The summed E-state index contributed by atoms with van der Waals surface area (Å²) in [5.41, 5.74) is 2.31. The fraction of sp³-hybridized carbons (Fsp3) is 0.286. The van der Waals surface area contributed by atoms with Gasteiger partial charge in [-0.3, -0.25) is 0 Å². The molecule has 1 heterocycles. The molecule has 0 radical (unpaired) electrons. The highest BCUT2D eigenvalue weighted by atomic mass is 16.5. The third-order valence-corrected chi connectivity index (χ3v) is 2.51. The molecule has 0 saturated heterocycles. The average Bonchev–Trinajstić information content (AvgIpc) is 2.34. The maximum absolute atomic E-state index is 5.76. The summed E-state index contributed by atoms with van der Waals surface area (Å²) in [6.45, 7) is 6.87. The fourth-order valence-electron chi connectivity index (χ4n) is 1.67. The first-order valence-electron chi connectivity index (χ1n) is 6.01. The van der Waals surface area contributed by atoms with E-state index in [0.29, 0.717) is 11.8 Å². The van der Waals surface area contributed by atoms with Crippen LogP contribution in [-0.4, -0.2) is 16.5 Å². The van der Waals surface area contributed by atoms with Crippen LogP contribution < -0.4 is 10.1 Å². The number of hydrogen-bond donors (Lipinski definition) is 1. The van der Waals surface area contributed by atoms with E-state index in [0.717, 1.165) is 17.9 Å². The lowest BCUT2D eigenvalue weighted by Gasteiger charge is -2.09. The molecule has 4 heteroatoms. The summed E-state index contributed by atoms with van der Waals surface area (Å²) in [5.74, 6) is 1.95. The van der Waals surface area contributed by atoms with Gasteiger partial charge in [-0.25, -0.2) is 4.98 Å². The lowest BCUT2D eigenvalue weighted by Crippen LogP contribution is -2.02. The molecule has 0 aliphatic carbocycles. The lowest BCUT2D eigenvalue weighted by molar-refractivity contribution is 0.459. The van der Waals surface area contributed by atoms with Crippen molar-refractivity contribution in [2.24, 2.45) is 0 Å². The van der Waals surface area contributed by atoms with Crippen molar-refractivity contribution in [1.82, 2.24) is 9.97 Å². The van der Waals surface area contributed by atoms with Gasteiger partial charge in [0.2, 0.25) is 11.8 Å². The molecule has 0 unspecified atom stereocenters. The molecular formula is C14H17N3O. The number of rotatable bonds is 4. The molecule has 4 nitrogen and oxygen atoms in total. The highest BCUT2D eigenvalue weighted by Gasteiger charge is 2.04.